The Hall–Kier alpha value is -2.41. The van der Waals surface area contributed by atoms with Crippen molar-refractivity contribution in [3.8, 4) is 0 Å². The third kappa shape index (κ3) is 3.26. The SMILES string of the molecule is O=C(O)c1cnn(C2CCN(C(=O)c3ccc(Cl)cc3F)CC2)c1. The molecule has 2 heterocycles. The maximum Gasteiger partial charge on any atom is 0.338 e. The molecule has 0 radical (unpaired) electrons. The largest absolute Gasteiger partial charge is 0.478 e. The monoisotopic (exact) mass is 351 g/mol. The van der Waals surface area contributed by atoms with Crippen LogP contribution in [0.15, 0.2) is 30.6 Å². The number of likely N-dealkylation sites (tertiary alicyclic amines) is 1. The predicted octanol–water partition coefficient (Wildman–Crippen LogP) is 2.85. The molecule has 6 nitrogen and oxygen atoms in total. The first kappa shape index (κ1) is 16.4. The summed E-state index contributed by atoms with van der Waals surface area (Å²) in [4.78, 5) is 24.9. The molecule has 1 saturated heterocycles. The number of rotatable bonds is 3. The Morgan fingerprint density at radius 2 is 2.00 bits per heavy atom. The standard InChI is InChI=1S/C16H15ClFN3O3/c17-11-1-2-13(14(18)7-11)15(22)20-5-3-12(4-6-20)21-9-10(8-19-21)16(23)24/h1-2,7-9,12H,3-6H2,(H,23,24). The van der Waals surface area contributed by atoms with Crippen LogP contribution in [-0.2, 0) is 0 Å². The van der Waals surface area contributed by atoms with Gasteiger partial charge in [-0.25, -0.2) is 9.18 Å². The number of piperidine rings is 1. The number of hydrogen-bond donors (Lipinski definition) is 1. The molecule has 1 N–H and O–H groups in total. The van der Waals surface area contributed by atoms with Crippen molar-refractivity contribution < 1.29 is 19.1 Å². The van der Waals surface area contributed by atoms with Gasteiger partial charge in [0.15, 0.2) is 0 Å². The molecule has 0 bridgehead atoms. The van der Waals surface area contributed by atoms with E-state index in [1.807, 2.05) is 0 Å². The lowest BCUT2D eigenvalue weighted by Crippen LogP contribution is -2.39. The highest BCUT2D eigenvalue weighted by Crippen LogP contribution is 2.24. The number of carboxylic acid groups (broad SMARTS) is 1. The normalized spacial score (nSPS) is 15.5. The molecule has 3 rings (SSSR count). The number of amides is 1. The van der Waals surface area contributed by atoms with Crippen molar-refractivity contribution in [2.75, 3.05) is 13.1 Å². The first-order chi connectivity index (χ1) is 11.5. The van der Waals surface area contributed by atoms with Gasteiger partial charge in [0.05, 0.1) is 23.4 Å². The minimum atomic E-state index is -1.02. The maximum absolute atomic E-state index is 13.9. The van der Waals surface area contributed by atoms with Crippen LogP contribution in [0, 0.1) is 5.82 Å². The third-order valence-electron chi connectivity index (χ3n) is 4.14. The van der Waals surface area contributed by atoms with E-state index in [9.17, 15) is 14.0 Å². The first-order valence-electron chi connectivity index (χ1n) is 7.47. The minimum absolute atomic E-state index is 0.00472. The smallest absolute Gasteiger partial charge is 0.338 e. The summed E-state index contributed by atoms with van der Waals surface area (Å²) in [7, 11) is 0. The van der Waals surface area contributed by atoms with E-state index in [1.165, 1.54) is 24.5 Å². The summed E-state index contributed by atoms with van der Waals surface area (Å²) in [5.41, 5.74) is 0.141. The fourth-order valence-electron chi connectivity index (χ4n) is 2.81. The summed E-state index contributed by atoms with van der Waals surface area (Å²) in [5, 5.41) is 13.2. The summed E-state index contributed by atoms with van der Waals surface area (Å²) >= 11 is 5.70. The summed E-state index contributed by atoms with van der Waals surface area (Å²) in [6.45, 7) is 0.904. The van der Waals surface area contributed by atoms with Gasteiger partial charge in [0, 0.05) is 24.3 Å². The summed E-state index contributed by atoms with van der Waals surface area (Å²) < 4.78 is 15.5. The summed E-state index contributed by atoms with van der Waals surface area (Å²) in [5.74, 6) is -2.02. The highest BCUT2D eigenvalue weighted by molar-refractivity contribution is 6.30. The van der Waals surface area contributed by atoms with Gasteiger partial charge in [-0.1, -0.05) is 11.6 Å². The minimum Gasteiger partial charge on any atom is -0.478 e. The summed E-state index contributed by atoms with van der Waals surface area (Å²) in [6, 6.07) is 4.02. The number of nitrogens with zero attached hydrogens (tertiary/aromatic N) is 3. The fourth-order valence-corrected chi connectivity index (χ4v) is 2.97. The van der Waals surface area contributed by atoms with Crippen molar-refractivity contribution in [2.45, 2.75) is 18.9 Å². The van der Waals surface area contributed by atoms with Crippen molar-refractivity contribution >= 4 is 23.5 Å². The van der Waals surface area contributed by atoms with Gasteiger partial charge in [0.1, 0.15) is 5.82 Å². The van der Waals surface area contributed by atoms with E-state index in [4.69, 9.17) is 16.7 Å². The van der Waals surface area contributed by atoms with Crippen LogP contribution in [0.5, 0.6) is 0 Å². The van der Waals surface area contributed by atoms with Crippen molar-refractivity contribution in [3.05, 3.63) is 52.6 Å². The van der Waals surface area contributed by atoms with Crippen LogP contribution in [0.25, 0.3) is 0 Å². The third-order valence-corrected chi connectivity index (χ3v) is 4.37. The number of carboxylic acids is 1. The zero-order valence-corrected chi connectivity index (χ0v) is 13.4. The molecular weight excluding hydrogens is 337 g/mol. The van der Waals surface area contributed by atoms with E-state index in [-0.39, 0.29) is 28.1 Å². The van der Waals surface area contributed by atoms with Crippen LogP contribution in [0.2, 0.25) is 5.02 Å². The molecule has 24 heavy (non-hydrogen) atoms. The van der Waals surface area contributed by atoms with Gasteiger partial charge in [-0.3, -0.25) is 9.48 Å². The molecule has 1 fully saturated rings. The molecule has 1 aromatic heterocycles. The van der Waals surface area contributed by atoms with Crippen LogP contribution >= 0.6 is 11.6 Å². The van der Waals surface area contributed by atoms with Gasteiger partial charge >= 0.3 is 5.97 Å². The van der Waals surface area contributed by atoms with Gasteiger partial charge in [-0.2, -0.15) is 5.10 Å². The molecule has 126 valence electrons. The van der Waals surface area contributed by atoms with Crippen LogP contribution < -0.4 is 0 Å². The average molecular weight is 352 g/mol. The molecule has 0 saturated carbocycles. The second-order valence-corrected chi connectivity index (χ2v) is 6.10. The van der Waals surface area contributed by atoms with Gasteiger partial charge in [0.25, 0.3) is 5.91 Å². The van der Waals surface area contributed by atoms with E-state index >= 15 is 0 Å². The van der Waals surface area contributed by atoms with Gasteiger partial charge in [-0.15, -0.1) is 0 Å². The quantitative estimate of drug-likeness (QED) is 0.922. The maximum atomic E-state index is 13.9. The van der Waals surface area contributed by atoms with Crippen molar-refractivity contribution in [3.63, 3.8) is 0 Å². The van der Waals surface area contributed by atoms with Gasteiger partial charge in [0.2, 0.25) is 0 Å². The molecular formula is C16H15ClFN3O3. The van der Waals surface area contributed by atoms with Crippen LogP contribution in [0.4, 0.5) is 4.39 Å². The molecule has 1 aliphatic heterocycles. The first-order valence-corrected chi connectivity index (χ1v) is 7.85. The molecule has 0 aliphatic carbocycles. The van der Waals surface area contributed by atoms with E-state index in [2.05, 4.69) is 5.10 Å². The Balaban J connectivity index is 1.65. The van der Waals surface area contributed by atoms with Crippen LogP contribution in [-0.4, -0.2) is 44.8 Å². The Morgan fingerprint density at radius 1 is 1.29 bits per heavy atom. The van der Waals surface area contributed by atoms with E-state index in [0.29, 0.717) is 25.9 Å². The molecule has 2 aromatic rings. The molecule has 1 amide bonds. The summed E-state index contributed by atoms with van der Waals surface area (Å²) in [6.07, 6.45) is 4.05. The number of halogens is 2. The van der Waals surface area contributed by atoms with Crippen molar-refractivity contribution in [2.24, 2.45) is 0 Å². The number of benzene rings is 1. The number of carbonyl (C=O) groups is 2. The Labute approximate surface area is 142 Å². The molecule has 0 unspecified atom stereocenters. The molecule has 1 aromatic carbocycles. The highest BCUT2D eigenvalue weighted by Gasteiger charge is 2.26. The van der Waals surface area contributed by atoms with E-state index < -0.39 is 11.8 Å². The molecule has 0 atom stereocenters. The molecule has 1 aliphatic rings. The topological polar surface area (TPSA) is 75.4 Å². The zero-order chi connectivity index (χ0) is 17.3. The molecule has 0 spiro atoms. The lowest BCUT2D eigenvalue weighted by atomic mass is 10.0. The van der Waals surface area contributed by atoms with E-state index in [0.717, 1.165) is 6.07 Å². The Kier molecular flexibility index (Phi) is 4.53. The number of carbonyl (C=O) groups excluding carboxylic acids is 1. The predicted molar refractivity (Wildman–Crippen MR) is 84.8 cm³/mol. The van der Waals surface area contributed by atoms with Crippen LogP contribution in [0.1, 0.15) is 39.6 Å². The number of aromatic carboxylic acids is 1. The van der Waals surface area contributed by atoms with E-state index in [1.54, 1.807) is 9.58 Å². The van der Waals surface area contributed by atoms with Gasteiger partial charge < -0.3 is 10.0 Å². The second-order valence-electron chi connectivity index (χ2n) is 5.66. The number of aromatic nitrogens is 2. The van der Waals surface area contributed by atoms with Crippen LogP contribution in [0.3, 0.4) is 0 Å². The average Bonchev–Trinajstić information content (AvgIpc) is 3.05. The van der Waals surface area contributed by atoms with Crippen molar-refractivity contribution in [1.82, 2.24) is 14.7 Å². The van der Waals surface area contributed by atoms with Crippen molar-refractivity contribution in [1.29, 1.82) is 0 Å². The lowest BCUT2D eigenvalue weighted by Gasteiger charge is -2.32. The number of hydrogen-bond acceptors (Lipinski definition) is 3. The van der Waals surface area contributed by atoms with Gasteiger partial charge in [-0.05, 0) is 31.0 Å². The lowest BCUT2D eigenvalue weighted by molar-refractivity contribution is 0.0684. The Morgan fingerprint density at radius 3 is 2.58 bits per heavy atom. The molecule has 8 heteroatoms. The fraction of sp³-hybridized carbons (Fsp3) is 0.312. The highest BCUT2D eigenvalue weighted by atomic mass is 35.5. The second kappa shape index (κ2) is 6.60. The zero-order valence-electron chi connectivity index (χ0n) is 12.7. The Bertz CT molecular complexity index is 785.